The summed E-state index contributed by atoms with van der Waals surface area (Å²) >= 11 is 0. The molecule has 4 heteroatoms. The lowest BCUT2D eigenvalue weighted by molar-refractivity contribution is -0.108. The number of hydrogen-bond acceptors (Lipinski definition) is 2. The van der Waals surface area contributed by atoms with Crippen molar-refractivity contribution in [3.05, 3.63) is 0 Å². The highest BCUT2D eigenvalue weighted by atomic mass is 16.5. The zero-order valence-corrected chi connectivity index (χ0v) is 12.7. The van der Waals surface area contributed by atoms with Gasteiger partial charge in [-0.05, 0) is 44.9 Å². The highest BCUT2D eigenvalue weighted by Crippen LogP contribution is 2.38. The van der Waals surface area contributed by atoms with E-state index in [2.05, 4.69) is 5.32 Å². The van der Waals surface area contributed by atoms with Gasteiger partial charge in [0.1, 0.15) is 0 Å². The summed E-state index contributed by atoms with van der Waals surface area (Å²) in [5.41, 5.74) is 0.0729. The van der Waals surface area contributed by atoms with Crippen molar-refractivity contribution < 1.29 is 9.53 Å². The van der Waals surface area contributed by atoms with E-state index in [0.29, 0.717) is 12.1 Å². The highest BCUT2D eigenvalue weighted by Gasteiger charge is 2.39. The minimum absolute atomic E-state index is 0.0729. The van der Waals surface area contributed by atoms with E-state index in [-0.39, 0.29) is 11.6 Å². The quantitative estimate of drug-likeness (QED) is 0.844. The van der Waals surface area contributed by atoms with E-state index in [9.17, 15) is 4.79 Å². The maximum atomic E-state index is 12.3. The molecule has 0 aromatic heterocycles. The second-order valence-electron chi connectivity index (χ2n) is 6.93. The van der Waals surface area contributed by atoms with Crippen molar-refractivity contribution in [1.82, 2.24) is 10.2 Å². The van der Waals surface area contributed by atoms with Crippen LogP contribution in [0.4, 0.5) is 4.79 Å². The lowest BCUT2D eigenvalue weighted by Crippen LogP contribution is -2.54. The van der Waals surface area contributed by atoms with Crippen LogP contribution in [0.5, 0.6) is 0 Å². The third kappa shape index (κ3) is 2.95. The Morgan fingerprint density at radius 3 is 2.55 bits per heavy atom. The van der Waals surface area contributed by atoms with Gasteiger partial charge in [-0.3, -0.25) is 0 Å². The predicted octanol–water partition coefficient (Wildman–Crippen LogP) is 3.06. The molecule has 0 unspecified atom stereocenters. The molecule has 4 nitrogen and oxygen atoms in total. The van der Waals surface area contributed by atoms with Crippen molar-refractivity contribution >= 4 is 6.03 Å². The fourth-order valence-corrected chi connectivity index (χ4v) is 3.91. The van der Waals surface area contributed by atoms with Gasteiger partial charge in [-0.2, -0.15) is 0 Å². The van der Waals surface area contributed by atoms with E-state index >= 15 is 0 Å². The Morgan fingerprint density at radius 2 is 1.90 bits per heavy atom. The summed E-state index contributed by atoms with van der Waals surface area (Å²) in [6, 6.07) is 0.892. The molecule has 1 N–H and O–H groups in total. The largest absolute Gasteiger partial charge is 0.375 e. The molecule has 0 bridgehead atoms. The van der Waals surface area contributed by atoms with E-state index in [1.54, 1.807) is 0 Å². The molecule has 1 aliphatic heterocycles. The van der Waals surface area contributed by atoms with Crippen LogP contribution in [0.2, 0.25) is 0 Å². The van der Waals surface area contributed by atoms with Crippen LogP contribution in [0.25, 0.3) is 0 Å². The van der Waals surface area contributed by atoms with Crippen molar-refractivity contribution in [3.63, 3.8) is 0 Å². The number of ether oxygens (including phenoxy) is 1. The monoisotopic (exact) mass is 280 g/mol. The van der Waals surface area contributed by atoms with Gasteiger partial charge in [-0.25, -0.2) is 4.79 Å². The van der Waals surface area contributed by atoms with E-state index in [1.165, 1.54) is 51.4 Å². The van der Waals surface area contributed by atoms with E-state index in [1.807, 2.05) is 11.9 Å². The first-order valence-corrected chi connectivity index (χ1v) is 8.36. The molecule has 2 amide bonds. The average molecular weight is 280 g/mol. The van der Waals surface area contributed by atoms with Gasteiger partial charge in [-0.1, -0.05) is 19.3 Å². The van der Waals surface area contributed by atoms with Crippen molar-refractivity contribution in [2.75, 3.05) is 13.7 Å². The third-order valence-corrected chi connectivity index (χ3v) is 5.53. The first-order chi connectivity index (χ1) is 9.69. The number of nitrogens with zero attached hydrogens (tertiary/aromatic N) is 1. The van der Waals surface area contributed by atoms with Crippen molar-refractivity contribution in [2.45, 2.75) is 81.9 Å². The molecule has 0 aromatic carbocycles. The molecule has 2 saturated carbocycles. The van der Waals surface area contributed by atoms with Gasteiger partial charge in [0.2, 0.25) is 0 Å². The molecule has 1 spiro atoms. The molecule has 0 aromatic rings. The molecule has 114 valence electrons. The second-order valence-corrected chi connectivity index (χ2v) is 6.93. The predicted molar refractivity (Wildman–Crippen MR) is 78.7 cm³/mol. The number of hydrogen-bond donors (Lipinski definition) is 1. The average Bonchev–Trinajstić information content (AvgIpc) is 2.37. The Kier molecular flexibility index (Phi) is 4.20. The van der Waals surface area contributed by atoms with Gasteiger partial charge < -0.3 is 15.0 Å². The summed E-state index contributed by atoms with van der Waals surface area (Å²) in [5.74, 6) is 0. The molecule has 1 atom stereocenters. The van der Waals surface area contributed by atoms with Crippen LogP contribution in [0, 0.1) is 0 Å². The highest BCUT2D eigenvalue weighted by molar-refractivity contribution is 5.74. The van der Waals surface area contributed by atoms with Crippen LogP contribution in [0.3, 0.4) is 0 Å². The van der Waals surface area contributed by atoms with Gasteiger partial charge >= 0.3 is 6.03 Å². The van der Waals surface area contributed by atoms with Crippen LogP contribution in [-0.4, -0.2) is 42.3 Å². The van der Waals surface area contributed by atoms with Crippen LogP contribution in [0.1, 0.15) is 64.2 Å². The summed E-state index contributed by atoms with van der Waals surface area (Å²) in [4.78, 5) is 14.2. The molecule has 3 fully saturated rings. The van der Waals surface area contributed by atoms with Crippen LogP contribution in [0.15, 0.2) is 0 Å². The molecule has 20 heavy (non-hydrogen) atoms. The molecular weight excluding hydrogens is 252 g/mol. The number of amides is 2. The maximum Gasteiger partial charge on any atom is 0.317 e. The van der Waals surface area contributed by atoms with Crippen LogP contribution < -0.4 is 5.32 Å². The number of urea groups is 1. The number of carbonyl (C=O) groups is 1. The number of rotatable bonds is 2. The third-order valence-electron chi connectivity index (χ3n) is 5.53. The Bertz CT molecular complexity index is 343. The second kappa shape index (κ2) is 5.92. The summed E-state index contributed by atoms with van der Waals surface area (Å²) in [6.45, 7) is 0.804. The van der Waals surface area contributed by atoms with Crippen molar-refractivity contribution in [1.29, 1.82) is 0 Å². The Hall–Kier alpha value is -0.770. The molecule has 1 heterocycles. The van der Waals surface area contributed by atoms with Gasteiger partial charge in [-0.15, -0.1) is 0 Å². The molecule has 1 saturated heterocycles. The van der Waals surface area contributed by atoms with Crippen molar-refractivity contribution in [2.24, 2.45) is 0 Å². The van der Waals surface area contributed by atoms with Crippen LogP contribution in [-0.2, 0) is 4.74 Å². The number of nitrogens with one attached hydrogen (secondary N) is 1. The molecule has 3 rings (SSSR count). The Balaban J connectivity index is 1.52. The SMILES string of the molecule is CN(C(=O)N[C@H]1CCOC2(CCCCC2)C1)C1CCC1. The summed E-state index contributed by atoms with van der Waals surface area (Å²) < 4.78 is 6.09. The van der Waals surface area contributed by atoms with E-state index in [4.69, 9.17) is 4.74 Å². The summed E-state index contributed by atoms with van der Waals surface area (Å²) in [6.07, 6.45) is 11.8. The van der Waals surface area contributed by atoms with Gasteiger partial charge in [0.05, 0.1) is 5.60 Å². The Labute approximate surface area is 122 Å². The first-order valence-electron chi connectivity index (χ1n) is 8.36. The lowest BCUT2D eigenvalue weighted by atomic mass is 9.78. The number of carbonyl (C=O) groups excluding carboxylic acids is 1. The summed E-state index contributed by atoms with van der Waals surface area (Å²) in [7, 11) is 1.94. The lowest BCUT2D eigenvalue weighted by Gasteiger charge is -2.44. The Morgan fingerprint density at radius 1 is 1.15 bits per heavy atom. The molecule has 0 radical (unpaired) electrons. The summed E-state index contributed by atoms with van der Waals surface area (Å²) in [5, 5.41) is 3.25. The van der Waals surface area contributed by atoms with Gasteiger partial charge in [0.25, 0.3) is 0 Å². The minimum atomic E-state index is 0.0729. The van der Waals surface area contributed by atoms with Gasteiger partial charge in [0, 0.05) is 25.7 Å². The smallest absolute Gasteiger partial charge is 0.317 e. The zero-order chi connectivity index (χ0) is 14.0. The molecular formula is C16H28N2O2. The van der Waals surface area contributed by atoms with E-state index < -0.39 is 0 Å². The normalized spacial score (nSPS) is 29.8. The minimum Gasteiger partial charge on any atom is -0.375 e. The van der Waals surface area contributed by atoms with Crippen LogP contribution >= 0.6 is 0 Å². The van der Waals surface area contributed by atoms with E-state index in [0.717, 1.165) is 19.4 Å². The zero-order valence-electron chi connectivity index (χ0n) is 12.7. The maximum absolute atomic E-state index is 12.3. The first kappa shape index (κ1) is 14.2. The fraction of sp³-hybridized carbons (Fsp3) is 0.938. The molecule has 3 aliphatic rings. The topological polar surface area (TPSA) is 41.6 Å². The van der Waals surface area contributed by atoms with Gasteiger partial charge in [0.15, 0.2) is 0 Å². The standard InChI is InChI=1S/C16H28N2O2/c1-18(14-6-5-7-14)15(19)17-13-8-11-20-16(12-13)9-3-2-4-10-16/h13-14H,2-12H2,1H3,(H,17,19)/t13-/m0/s1. The molecule has 2 aliphatic carbocycles. The fourth-order valence-electron chi connectivity index (χ4n) is 3.91. The van der Waals surface area contributed by atoms with Crippen molar-refractivity contribution in [3.8, 4) is 0 Å².